The second-order valence-electron chi connectivity index (χ2n) is 10.8. The van der Waals surface area contributed by atoms with E-state index in [1.54, 1.807) is 18.0 Å². The van der Waals surface area contributed by atoms with Crippen molar-refractivity contribution in [2.75, 3.05) is 54.1 Å². The van der Waals surface area contributed by atoms with Gasteiger partial charge in [-0.3, -0.25) is 4.79 Å². The summed E-state index contributed by atoms with van der Waals surface area (Å²) >= 11 is 8.08. The van der Waals surface area contributed by atoms with Crippen molar-refractivity contribution in [2.24, 2.45) is 0 Å². The number of ether oxygens (including phenoxy) is 1. The molecule has 1 aromatic heterocycles. The van der Waals surface area contributed by atoms with Gasteiger partial charge in [-0.25, -0.2) is 14.6 Å². The molecule has 1 fully saturated rings. The van der Waals surface area contributed by atoms with Crippen molar-refractivity contribution in [3.8, 4) is 5.75 Å². The number of benzene rings is 3. The zero-order chi connectivity index (χ0) is 38.8. The van der Waals surface area contributed by atoms with Gasteiger partial charge in [0, 0.05) is 65.5 Å². The lowest BCUT2D eigenvalue weighted by Gasteiger charge is -2.36. The number of fused-ring (bicyclic) bond motifs is 6. The lowest BCUT2D eigenvalue weighted by Crippen LogP contribution is -2.48. The summed E-state index contributed by atoms with van der Waals surface area (Å²) in [5.41, 5.74) is 3.27. The van der Waals surface area contributed by atoms with E-state index in [9.17, 15) is 31.1 Å². The Balaban J connectivity index is 0.000000381. The highest BCUT2D eigenvalue weighted by Crippen LogP contribution is 2.30. The molecule has 3 heterocycles. The first kappa shape index (κ1) is 40.3. The van der Waals surface area contributed by atoms with Gasteiger partial charge in [0.15, 0.2) is 5.82 Å². The minimum absolute atomic E-state index is 0.0288. The van der Waals surface area contributed by atoms with Gasteiger partial charge in [0.2, 0.25) is 5.95 Å². The lowest BCUT2D eigenvalue weighted by atomic mass is 10.1. The highest BCUT2D eigenvalue weighted by Gasteiger charge is 2.39. The third-order valence-electron chi connectivity index (χ3n) is 7.04. The van der Waals surface area contributed by atoms with Crippen molar-refractivity contribution >= 4 is 70.0 Å². The quantitative estimate of drug-likeness (QED) is 0.150. The van der Waals surface area contributed by atoms with E-state index in [-0.39, 0.29) is 5.91 Å². The van der Waals surface area contributed by atoms with Crippen LogP contribution < -0.4 is 20.3 Å². The number of anilines is 5. The monoisotopic (exact) mass is 786 g/mol. The molecule has 2 aliphatic rings. The average Bonchev–Trinajstić information content (AvgIpc) is 3.11. The largest absolute Gasteiger partial charge is 0.493 e. The molecular formula is C33H29ClF6N6O6S. The number of para-hydroxylation sites is 1. The summed E-state index contributed by atoms with van der Waals surface area (Å²) in [5, 5.41) is 21.2. The summed E-state index contributed by atoms with van der Waals surface area (Å²) in [4.78, 5) is 45.6. The Hall–Kier alpha value is -5.43. The molecule has 1 saturated heterocycles. The zero-order valence-corrected chi connectivity index (χ0v) is 28.7. The number of carboxylic acids is 2. The molecule has 53 heavy (non-hydrogen) atoms. The topological polar surface area (TPSA) is 157 Å². The van der Waals surface area contributed by atoms with Gasteiger partial charge in [0.05, 0.1) is 12.8 Å². The Labute approximate surface area is 306 Å². The number of aromatic nitrogens is 2. The van der Waals surface area contributed by atoms with Crippen LogP contribution >= 0.6 is 23.4 Å². The van der Waals surface area contributed by atoms with Gasteiger partial charge in [0.1, 0.15) is 10.8 Å². The average molecular weight is 787 g/mol. The summed E-state index contributed by atoms with van der Waals surface area (Å²) in [6.45, 7) is 3.34. The number of thioether (sulfide) groups is 1. The van der Waals surface area contributed by atoms with E-state index in [1.807, 2.05) is 59.5 Å². The van der Waals surface area contributed by atoms with Crippen LogP contribution in [0.1, 0.15) is 10.4 Å². The Bertz CT molecular complexity index is 1870. The van der Waals surface area contributed by atoms with Gasteiger partial charge in [-0.1, -0.05) is 35.9 Å². The number of hydrogen-bond acceptors (Lipinski definition) is 10. The molecule has 0 aliphatic carbocycles. The second-order valence-corrected chi connectivity index (χ2v) is 12.4. The molecule has 6 rings (SSSR count). The van der Waals surface area contributed by atoms with Crippen molar-refractivity contribution in [1.82, 2.24) is 14.9 Å². The lowest BCUT2D eigenvalue weighted by molar-refractivity contribution is -0.193. The number of hydrogen-bond donors (Lipinski definition) is 4. The van der Waals surface area contributed by atoms with E-state index >= 15 is 0 Å². The van der Waals surface area contributed by atoms with Gasteiger partial charge in [-0.05, 0) is 42.5 Å². The molecule has 0 radical (unpaired) electrons. The minimum atomic E-state index is -5.08. The number of carbonyl (C=O) groups excluding carboxylic acids is 1. The van der Waals surface area contributed by atoms with Crippen LogP contribution in [0.4, 0.5) is 55.2 Å². The number of rotatable bonds is 2. The van der Waals surface area contributed by atoms with Crippen LogP contribution in [0, 0.1) is 0 Å². The van der Waals surface area contributed by atoms with Crippen LogP contribution in [-0.2, 0) is 9.59 Å². The Kier molecular flexibility index (Phi) is 13.6. The molecule has 0 saturated carbocycles. The third kappa shape index (κ3) is 12.3. The second kappa shape index (κ2) is 17.9. The predicted octanol–water partition coefficient (Wildman–Crippen LogP) is 7.33. The molecule has 282 valence electrons. The van der Waals surface area contributed by atoms with Gasteiger partial charge < -0.3 is 35.4 Å². The fraction of sp³-hybridized carbons (Fsp3) is 0.242. The summed E-state index contributed by atoms with van der Waals surface area (Å²) < 4.78 is 69.6. The number of halogens is 7. The van der Waals surface area contributed by atoms with E-state index < -0.39 is 24.3 Å². The van der Waals surface area contributed by atoms with Crippen molar-refractivity contribution in [2.45, 2.75) is 17.2 Å². The van der Waals surface area contributed by atoms with E-state index in [4.69, 9.17) is 36.1 Å². The molecule has 4 N–H and O–H groups in total. The standard InChI is InChI=1S/C29H27ClN6O2S.2C2HF3O2/c30-26-19-31-29-33-22-15-20(28(37)36-11-9-35(10-12-36)23-6-2-1-3-7-23)16-24(17-22)38-13-14-39-25-8-4-5-21(18-25)32-27(26)34-29;2*3-2(4,5)1(6)7/h1-8,15-19H,9-14H2,(H2,31,32,33,34);2*(H,6,7). The van der Waals surface area contributed by atoms with Crippen LogP contribution in [0.3, 0.4) is 0 Å². The molecule has 1 amide bonds. The number of nitrogens with zero attached hydrogens (tertiary/aromatic N) is 4. The highest BCUT2D eigenvalue weighted by atomic mass is 35.5. The SMILES string of the molecule is O=C(O)C(F)(F)F.O=C(O)C(F)(F)F.O=C(c1cc2cc(c1)OCCSc1cccc(c1)Nc1nc(ncc1Cl)N2)N1CCN(c2ccccc2)CC1. The first-order valence-corrected chi connectivity index (χ1v) is 16.6. The van der Waals surface area contributed by atoms with Gasteiger partial charge in [-0.15, -0.1) is 11.8 Å². The maximum absolute atomic E-state index is 13.6. The smallest absolute Gasteiger partial charge is 0.490 e. The van der Waals surface area contributed by atoms with Crippen molar-refractivity contribution < 1.29 is 55.7 Å². The minimum Gasteiger partial charge on any atom is -0.493 e. The van der Waals surface area contributed by atoms with Crippen LogP contribution in [0.15, 0.2) is 83.9 Å². The van der Waals surface area contributed by atoms with E-state index in [2.05, 4.69) is 43.7 Å². The molecule has 4 aromatic rings. The van der Waals surface area contributed by atoms with Crippen LogP contribution in [0.25, 0.3) is 0 Å². The number of alkyl halides is 6. The number of carbonyl (C=O) groups is 3. The molecule has 12 nitrogen and oxygen atoms in total. The Morgan fingerprint density at radius 1 is 0.811 bits per heavy atom. The number of amides is 1. The third-order valence-corrected chi connectivity index (χ3v) is 8.28. The summed E-state index contributed by atoms with van der Waals surface area (Å²) in [6, 6.07) is 23.8. The first-order chi connectivity index (χ1) is 25.0. The Morgan fingerprint density at radius 3 is 2.08 bits per heavy atom. The van der Waals surface area contributed by atoms with Crippen molar-refractivity contribution in [3.63, 3.8) is 0 Å². The fourth-order valence-corrected chi connectivity index (χ4v) is 5.56. The Morgan fingerprint density at radius 2 is 1.45 bits per heavy atom. The van der Waals surface area contributed by atoms with E-state index in [0.717, 1.165) is 29.4 Å². The fourth-order valence-electron chi connectivity index (χ4n) is 4.63. The normalized spacial score (nSPS) is 14.2. The molecule has 3 aromatic carbocycles. The summed E-state index contributed by atoms with van der Waals surface area (Å²) in [5.74, 6) is -3.33. The predicted molar refractivity (Wildman–Crippen MR) is 185 cm³/mol. The van der Waals surface area contributed by atoms with Crippen LogP contribution in [0.5, 0.6) is 5.75 Å². The van der Waals surface area contributed by atoms with E-state index in [0.29, 0.717) is 53.5 Å². The molecule has 0 unspecified atom stereocenters. The first-order valence-electron chi connectivity index (χ1n) is 15.3. The molecule has 2 aliphatic heterocycles. The maximum atomic E-state index is 13.6. The molecule has 20 heteroatoms. The van der Waals surface area contributed by atoms with Crippen LogP contribution in [0.2, 0.25) is 5.02 Å². The summed E-state index contributed by atoms with van der Waals surface area (Å²) in [6.07, 6.45) is -8.62. The van der Waals surface area contributed by atoms with Crippen LogP contribution in [-0.4, -0.2) is 93.8 Å². The molecule has 6 bridgehead atoms. The van der Waals surface area contributed by atoms with Crippen molar-refractivity contribution in [3.05, 3.63) is 89.6 Å². The van der Waals surface area contributed by atoms with E-state index in [1.165, 1.54) is 5.69 Å². The van der Waals surface area contributed by atoms with Gasteiger partial charge in [0.25, 0.3) is 5.91 Å². The maximum Gasteiger partial charge on any atom is 0.490 e. The molecule has 0 spiro atoms. The number of aliphatic carboxylic acids is 2. The number of piperazine rings is 1. The number of carboxylic acid groups (broad SMARTS) is 2. The van der Waals surface area contributed by atoms with Crippen molar-refractivity contribution in [1.29, 1.82) is 0 Å². The zero-order valence-electron chi connectivity index (χ0n) is 27.1. The summed E-state index contributed by atoms with van der Waals surface area (Å²) in [7, 11) is 0. The number of nitrogens with one attached hydrogen (secondary N) is 2. The highest BCUT2D eigenvalue weighted by molar-refractivity contribution is 7.99. The molecular weight excluding hydrogens is 758 g/mol. The molecule has 0 atom stereocenters. The van der Waals surface area contributed by atoms with Gasteiger partial charge in [-0.2, -0.15) is 31.3 Å². The van der Waals surface area contributed by atoms with Gasteiger partial charge >= 0.3 is 24.3 Å².